The highest BCUT2D eigenvalue weighted by atomic mass is 16.6. The molecule has 0 aliphatic carbocycles. The summed E-state index contributed by atoms with van der Waals surface area (Å²) in [5.41, 5.74) is 3.51. The van der Waals surface area contributed by atoms with Crippen LogP contribution in [0, 0.1) is 0 Å². The number of nitrogens with one attached hydrogen (secondary N) is 1. The largest absolute Gasteiger partial charge is 0.480 e. The van der Waals surface area contributed by atoms with Gasteiger partial charge in [-0.2, -0.15) is 0 Å². The Hall–Kier alpha value is -4.65. The Morgan fingerprint density at radius 1 is 0.842 bits per heavy atom. The number of ether oxygens (including phenoxy) is 1. The number of carboxylic acid groups (broad SMARTS) is 1. The van der Waals surface area contributed by atoms with Gasteiger partial charge in [-0.15, -0.1) is 0 Å². The summed E-state index contributed by atoms with van der Waals surface area (Å²) < 4.78 is 5.54. The van der Waals surface area contributed by atoms with E-state index in [1.54, 1.807) is 0 Å². The summed E-state index contributed by atoms with van der Waals surface area (Å²) in [6.07, 6.45) is -0.233. The first-order chi connectivity index (χ1) is 18.5. The molecule has 0 radical (unpaired) electrons. The molecule has 192 valence electrons. The lowest BCUT2D eigenvalue weighted by Gasteiger charge is -2.35. The van der Waals surface area contributed by atoms with Crippen LogP contribution in [0.3, 0.4) is 0 Å². The van der Waals surface area contributed by atoms with Crippen molar-refractivity contribution < 1.29 is 24.2 Å². The number of fused-ring (bicyclic) bond motifs is 2. The lowest BCUT2D eigenvalue weighted by atomic mass is 9.93. The molecule has 0 bridgehead atoms. The lowest BCUT2D eigenvalue weighted by molar-refractivity contribution is -0.142. The van der Waals surface area contributed by atoms with Gasteiger partial charge in [-0.05, 0) is 33.0 Å². The van der Waals surface area contributed by atoms with Crippen LogP contribution in [0.5, 0.6) is 0 Å². The second-order valence-corrected chi connectivity index (χ2v) is 9.44. The first kappa shape index (κ1) is 25.0. The van der Waals surface area contributed by atoms with E-state index in [0.717, 1.165) is 33.0 Å². The minimum atomic E-state index is -1.15. The van der Waals surface area contributed by atoms with Crippen molar-refractivity contribution in [2.45, 2.75) is 38.1 Å². The van der Waals surface area contributed by atoms with Gasteiger partial charge >= 0.3 is 12.1 Å². The predicted molar refractivity (Wildman–Crippen MR) is 143 cm³/mol. The lowest BCUT2D eigenvalue weighted by Crippen LogP contribution is -2.56. The maximum absolute atomic E-state index is 13.5. The van der Waals surface area contributed by atoms with Gasteiger partial charge in [0.05, 0.1) is 6.54 Å². The smallest absolute Gasteiger partial charge is 0.411 e. The topological polar surface area (TPSA) is 95.9 Å². The molecular formula is C31H28N2O5. The molecule has 7 heteroatoms. The minimum Gasteiger partial charge on any atom is -0.480 e. The van der Waals surface area contributed by atoms with E-state index in [4.69, 9.17) is 4.74 Å². The van der Waals surface area contributed by atoms with Crippen LogP contribution in [-0.4, -0.2) is 40.1 Å². The van der Waals surface area contributed by atoms with E-state index in [-0.39, 0.29) is 26.0 Å². The van der Waals surface area contributed by atoms with E-state index in [0.29, 0.717) is 0 Å². The van der Waals surface area contributed by atoms with Gasteiger partial charge < -0.3 is 15.2 Å². The fourth-order valence-corrected chi connectivity index (χ4v) is 4.82. The Bertz CT molecular complexity index is 1470. The predicted octanol–water partition coefficient (Wildman–Crippen LogP) is 4.72. The molecule has 4 aromatic rings. The molecule has 38 heavy (non-hydrogen) atoms. The molecule has 0 saturated carbocycles. The normalized spacial score (nSPS) is 15.4. The summed E-state index contributed by atoms with van der Waals surface area (Å²) in [5, 5.41) is 14.7. The highest BCUT2D eigenvalue weighted by Gasteiger charge is 2.37. The van der Waals surface area contributed by atoms with E-state index >= 15 is 0 Å². The molecule has 7 nitrogen and oxygen atoms in total. The Labute approximate surface area is 220 Å². The van der Waals surface area contributed by atoms with Gasteiger partial charge in [0.15, 0.2) is 0 Å². The summed E-state index contributed by atoms with van der Waals surface area (Å²) in [5.74, 6) is -1.66. The molecule has 2 N–H and O–H groups in total. The van der Waals surface area contributed by atoms with Crippen molar-refractivity contribution in [1.29, 1.82) is 0 Å². The molecule has 0 aromatic heterocycles. The molecule has 1 aliphatic heterocycles. The number of carboxylic acids is 1. The van der Waals surface area contributed by atoms with Gasteiger partial charge in [0.1, 0.15) is 18.7 Å². The second-order valence-electron chi connectivity index (χ2n) is 9.44. The van der Waals surface area contributed by atoms with Crippen LogP contribution in [0.4, 0.5) is 4.79 Å². The summed E-state index contributed by atoms with van der Waals surface area (Å²) in [7, 11) is 0. The van der Waals surface area contributed by atoms with Crippen molar-refractivity contribution in [3.8, 4) is 0 Å². The van der Waals surface area contributed by atoms with E-state index in [2.05, 4.69) is 5.32 Å². The first-order valence-electron chi connectivity index (χ1n) is 12.5. The molecule has 1 aliphatic rings. The second kappa shape index (κ2) is 11.2. The highest BCUT2D eigenvalue weighted by molar-refractivity contribution is 5.90. The van der Waals surface area contributed by atoms with Crippen molar-refractivity contribution >= 4 is 28.7 Å². The molecule has 5 rings (SSSR count). The number of carbonyl (C=O) groups is 3. The van der Waals surface area contributed by atoms with Crippen molar-refractivity contribution in [2.75, 3.05) is 0 Å². The summed E-state index contributed by atoms with van der Waals surface area (Å²) in [6.45, 7) is 0.274. The Kier molecular flexibility index (Phi) is 7.35. The SMILES string of the molecule is O=C(O)[C@H](Cc1ccc2ccccc2c1)NC(=O)[C@@H]1Cc2ccccc2CN1C(=O)OCc1ccccc1. The van der Waals surface area contributed by atoms with Crippen molar-refractivity contribution in [2.24, 2.45) is 0 Å². The van der Waals surface area contributed by atoms with Gasteiger partial charge in [0, 0.05) is 12.8 Å². The molecular weight excluding hydrogens is 480 g/mol. The highest BCUT2D eigenvalue weighted by Crippen LogP contribution is 2.25. The van der Waals surface area contributed by atoms with Crippen molar-refractivity contribution in [3.05, 3.63) is 119 Å². The van der Waals surface area contributed by atoms with Gasteiger partial charge in [-0.1, -0.05) is 97.1 Å². The van der Waals surface area contributed by atoms with Gasteiger partial charge in [-0.3, -0.25) is 9.69 Å². The number of hydrogen-bond acceptors (Lipinski definition) is 4. The fraction of sp³-hybridized carbons (Fsp3) is 0.194. The fourth-order valence-electron chi connectivity index (χ4n) is 4.82. The monoisotopic (exact) mass is 508 g/mol. The molecule has 0 saturated heterocycles. The van der Waals surface area contributed by atoms with Crippen LogP contribution in [0.2, 0.25) is 0 Å². The summed E-state index contributed by atoms with van der Waals surface area (Å²) >= 11 is 0. The van der Waals surface area contributed by atoms with Crippen LogP contribution in [0.15, 0.2) is 97.1 Å². The average Bonchev–Trinajstić information content (AvgIpc) is 2.95. The van der Waals surface area contributed by atoms with Crippen LogP contribution in [0.25, 0.3) is 10.8 Å². The molecule has 2 amide bonds. The Balaban J connectivity index is 1.34. The van der Waals surface area contributed by atoms with Gasteiger partial charge in [0.2, 0.25) is 5.91 Å². The van der Waals surface area contributed by atoms with Crippen LogP contribution in [-0.2, 0) is 40.3 Å². The zero-order valence-corrected chi connectivity index (χ0v) is 20.7. The van der Waals surface area contributed by atoms with Crippen LogP contribution >= 0.6 is 0 Å². The maximum atomic E-state index is 13.5. The zero-order chi connectivity index (χ0) is 26.5. The third-order valence-electron chi connectivity index (χ3n) is 6.86. The van der Waals surface area contributed by atoms with E-state index < -0.39 is 30.1 Å². The molecule has 2 atom stereocenters. The van der Waals surface area contributed by atoms with E-state index in [9.17, 15) is 19.5 Å². The first-order valence-corrected chi connectivity index (χ1v) is 12.5. The zero-order valence-electron chi connectivity index (χ0n) is 20.7. The number of amides is 2. The third-order valence-corrected chi connectivity index (χ3v) is 6.86. The summed E-state index contributed by atoms with van der Waals surface area (Å²) in [4.78, 5) is 40.2. The molecule has 0 unspecified atom stereocenters. The Morgan fingerprint density at radius 2 is 1.53 bits per heavy atom. The Morgan fingerprint density at radius 3 is 2.29 bits per heavy atom. The average molecular weight is 509 g/mol. The number of carbonyl (C=O) groups excluding carboxylic acids is 2. The summed E-state index contributed by atoms with van der Waals surface area (Å²) in [6, 6.07) is 28.4. The standard InChI is InChI=1S/C31H28N2O5/c34-29(32-27(30(35)36)17-22-14-15-23-10-4-5-11-24(23)16-22)28-18-25-12-6-7-13-26(25)19-33(28)31(37)38-20-21-8-2-1-3-9-21/h1-16,27-28H,17-20H2,(H,32,34)(H,35,36)/t27-,28-/m0/s1. The van der Waals surface area contributed by atoms with Crippen molar-refractivity contribution in [1.82, 2.24) is 10.2 Å². The number of benzene rings is 4. The van der Waals surface area contributed by atoms with Crippen molar-refractivity contribution in [3.63, 3.8) is 0 Å². The quantitative estimate of drug-likeness (QED) is 0.377. The maximum Gasteiger partial charge on any atom is 0.411 e. The van der Waals surface area contributed by atoms with E-state index in [1.807, 2.05) is 97.1 Å². The van der Waals surface area contributed by atoms with Gasteiger partial charge in [0.25, 0.3) is 0 Å². The molecule has 0 fully saturated rings. The minimum absolute atomic E-state index is 0.0753. The van der Waals surface area contributed by atoms with Crippen LogP contribution < -0.4 is 5.32 Å². The number of hydrogen-bond donors (Lipinski definition) is 2. The third kappa shape index (κ3) is 5.67. The van der Waals surface area contributed by atoms with Crippen LogP contribution in [0.1, 0.15) is 22.3 Å². The van der Waals surface area contributed by atoms with E-state index in [1.165, 1.54) is 4.90 Å². The molecule has 4 aromatic carbocycles. The van der Waals surface area contributed by atoms with Gasteiger partial charge in [-0.25, -0.2) is 9.59 Å². The number of nitrogens with zero attached hydrogens (tertiary/aromatic N) is 1. The molecule has 0 spiro atoms. The number of rotatable bonds is 7. The molecule has 1 heterocycles. The number of aliphatic carboxylic acids is 1.